The number of fused-ring (bicyclic) bond motifs is 1. The maximum Gasteiger partial charge on any atom is 0.287 e. The van der Waals surface area contributed by atoms with Crippen molar-refractivity contribution in [1.29, 1.82) is 0 Å². The summed E-state index contributed by atoms with van der Waals surface area (Å²) in [7, 11) is 0. The fourth-order valence-electron chi connectivity index (χ4n) is 2.83. The normalized spacial score (nSPS) is 10.9. The number of thiazole rings is 1. The summed E-state index contributed by atoms with van der Waals surface area (Å²) in [6.45, 7) is 2.61. The van der Waals surface area contributed by atoms with E-state index in [4.69, 9.17) is 9.15 Å². The van der Waals surface area contributed by atoms with Crippen molar-refractivity contribution in [1.82, 2.24) is 10.3 Å². The molecule has 2 heterocycles. The number of furan rings is 1. The Morgan fingerprint density at radius 2 is 1.93 bits per heavy atom. The zero-order valence-corrected chi connectivity index (χ0v) is 15.6. The maximum atomic E-state index is 12.8. The van der Waals surface area contributed by atoms with Gasteiger partial charge in [-0.15, -0.1) is 11.3 Å². The van der Waals surface area contributed by atoms with Crippen molar-refractivity contribution in [3.05, 3.63) is 82.0 Å². The van der Waals surface area contributed by atoms with E-state index >= 15 is 0 Å². The number of rotatable bonds is 6. The van der Waals surface area contributed by atoms with Crippen LogP contribution in [0.5, 0.6) is 5.75 Å². The number of para-hydroxylation sites is 2. The van der Waals surface area contributed by atoms with Gasteiger partial charge in [-0.3, -0.25) is 4.79 Å². The van der Waals surface area contributed by atoms with Gasteiger partial charge >= 0.3 is 0 Å². The number of aryl methyl sites for hydroxylation is 1. The molecule has 0 aliphatic rings. The molecule has 0 spiro atoms. The van der Waals surface area contributed by atoms with Crippen LogP contribution in [-0.4, -0.2) is 10.9 Å². The summed E-state index contributed by atoms with van der Waals surface area (Å²) in [4.78, 5) is 18.0. The van der Waals surface area contributed by atoms with Gasteiger partial charge in [-0.1, -0.05) is 36.4 Å². The van der Waals surface area contributed by atoms with Crippen molar-refractivity contribution >= 4 is 28.2 Å². The van der Waals surface area contributed by atoms with Gasteiger partial charge in [-0.05, 0) is 25.1 Å². The van der Waals surface area contributed by atoms with Gasteiger partial charge in [-0.2, -0.15) is 0 Å². The molecule has 4 rings (SSSR count). The van der Waals surface area contributed by atoms with Crippen molar-refractivity contribution in [2.24, 2.45) is 0 Å². The second-order valence-electron chi connectivity index (χ2n) is 6.04. The highest BCUT2D eigenvalue weighted by molar-refractivity contribution is 7.11. The lowest BCUT2D eigenvalue weighted by Crippen LogP contribution is -2.23. The molecule has 0 aliphatic heterocycles. The van der Waals surface area contributed by atoms with E-state index in [1.165, 1.54) is 0 Å². The summed E-state index contributed by atoms with van der Waals surface area (Å²) in [5, 5.41) is 4.76. The molecule has 2 aromatic heterocycles. The summed E-state index contributed by atoms with van der Waals surface area (Å²) in [5.74, 6) is 0.770. The standard InChI is InChI=1S/C21H18N2O3S/c1-14-22-11-16(27-14)12-23-21(24)20-18(13-25-15-7-3-2-4-8-15)17-9-5-6-10-19(17)26-20/h2-11H,12-13H2,1H3,(H,23,24). The van der Waals surface area contributed by atoms with Gasteiger partial charge in [0.25, 0.3) is 5.91 Å². The topological polar surface area (TPSA) is 64.4 Å². The monoisotopic (exact) mass is 378 g/mol. The summed E-state index contributed by atoms with van der Waals surface area (Å²) in [6, 6.07) is 17.1. The molecule has 0 fully saturated rings. The van der Waals surface area contributed by atoms with E-state index in [1.807, 2.05) is 61.5 Å². The summed E-state index contributed by atoms with van der Waals surface area (Å²) in [5.41, 5.74) is 1.41. The highest BCUT2D eigenvalue weighted by Gasteiger charge is 2.21. The number of nitrogens with zero attached hydrogens (tertiary/aromatic N) is 1. The molecule has 0 unspecified atom stereocenters. The van der Waals surface area contributed by atoms with E-state index in [1.54, 1.807) is 17.5 Å². The molecule has 6 heteroatoms. The van der Waals surface area contributed by atoms with Gasteiger partial charge < -0.3 is 14.5 Å². The molecular formula is C21H18N2O3S. The van der Waals surface area contributed by atoms with Crippen molar-refractivity contribution in [3.8, 4) is 5.75 Å². The van der Waals surface area contributed by atoms with Crippen LogP contribution in [0.1, 0.15) is 26.0 Å². The van der Waals surface area contributed by atoms with Gasteiger partial charge in [0.2, 0.25) is 0 Å². The van der Waals surface area contributed by atoms with E-state index in [-0.39, 0.29) is 18.3 Å². The molecular weight excluding hydrogens is 360 g/mol. The molecule has 0 atom stereocenters. The number of benzene rings is 2. The Kier molecular flexibility index (Phi) is 4.89. The first-order chi connectivity index (χ1) is 13.2. The minimum atomic E-state index is -0.260. The van der Waals surface area contributed by atoms with Crippen LogP contribution < -0.4 is 10.1 Å². The number of hydrogen-bond donors (Lipinski definition) is 1. The molecule has 0 radical (unpaired) electrons. The first-order valence-corrected chi connectivity index (χ1v) is 9.40. The lowest BCUT2D eigenvalue weighted by molar-refractivity contribution is 0.0922. The number of ether oxygens (including phenoxy) is 1. The number of nitrogens with one attached hydrogen (secondary N) is 1. The predicted molar refractivity (Wildman–Crippen MR) is 105 cm³/mol. The summed E-state index contributed by atoms with van der Waals surface area (Å²) in [6.07, 6.45) is 1.78. The van der Waals surface area contributed by atoms with Gasteiger partial charge in [-0.25, -0.2) is 4.98 Å². The first kappa shape index (κ1) is 17.3. The fourth-order valence-corrected chi connectivity index (χ4v) is 3.57. The molecule has 0 saturated heterocycles. The Bertz CT molecular complexity index is 1070. The molecule has 1 amide bonds. The van der Waals surface area contributed by atoms with Crippen LogP contribution in [0.4, 0.5) is 0 Å². The van der Waals surface area contributed by atoms with E-state index < -0.39 is 0 Å². The van der Waals surface area contributed by atoms with Gasteiger partial charge in [0.1, 0.15) is 17.9 Å². The second-order valence-corrected chi connectivity index (χ2v) is 7.36. The van der Waals surface area contributed by atoms with Crippen molar-refractivity contribution in [2.45, 2.75) is 20.1 Å². The minimum Gasteiger partial charge on any atom is -0.489 e. The first-order valence-electron chi connectivity index (χ1n) is 8.58. The van der Waals surface area contributed by atoms with E-state index in [0.717, 1.165) is 26.6 Å². The molecule has 0 aliphatic carbocycles. The van der Waals surface area contributed by atoms with Crippen molar-refractivity contribution < 1.29 is 13.9 Å². The van der Waals surface area contributed by atoms with E-state index in [2.05, 4.69) is 10.3 Å². The van der Waals surface area contributed by atoms with Gasteiger partial charge in [0.05, 0.1) is 11.6 Å². The predicted octanol–water partition coefficient (Wildman–Crippen LogP) is 4.71. The summed E-state index contributed by atoms with van der Waals surface area (Å²) >= 11 is 1.56. The molecule has 4 aromatic rings. The van der Waals surface area contributed by atoms with Crippen molar-refractivity contribution in [3.63, 3.8) is 0 Å². The average Bonchev–Trinajstić information content (AvgIpc) is 3.28. The number of hydrogen-bond acceptors (Lipinski definition) is 5. The van der Waals surface area contributed by atoms with Crippen LogP contribution >= 0.6 is 11.3 Å². The Hall–Kier alpha value is -3.12. The van der Waals surface area contributed by atoms with Crippen LogP contribution in [0.25, 0.3) is 11.0 Å². The average molecular weight is 378 g/mol. The van der Waals surface area contributed by atoms with Crippen molar-refractivity contribution in [2.75, 3.05) is 0 Å². The second kappa shape index (κ2) is 7.63. The maximum absolute atomic E-state index is 12.8. The quantitative estimate of drug-likeness (QED) is 0.528. The Labute approximate surface area is 160 Å². The number of aromatic nitrogens is 1. The zero-order valence-electron chi connectivity index (χ0n) is 14.8. The van der Waals surface area contributed by atoms with Crippen LogP contribution in [-0.2, 0) is 13.2 Å². The zero-order chi connectivity index (χ0) is 18.6. The lowest BCUT2D eigenvalue weighted by Gasteiger charge is -2.07. The third-order valence-electron chi connectivity index (χ3n) is 4.12. The molecule has 5 nitrogen and oxygen atoms in total. The SMILES string of the molecule is Cc1ncc(CNC(=O)c2oc3ccccc3c2COc2ccccc2)s1. The number of carbonyl (C=O) groups excluding carboxylic acids is 1. The Balaban J connectivity index is 1.58. The highest BCUT2D eigenvalue weighted by atomic mass is 32.1. The molecule has 136 valence electrons. The molecule has 0 saturated carbocycles. The smallest absolute Gasteiger partial charge is 0.287 e. The van der Waals surface area contributed by atoms with E-state index in [9.17, 15) is 4.79 Å². The van der Waals surface area contributed by atoms with Crippen LogP contribution in [0, 0.1) is 6.92 Å². The largest absolute Gasteiger partial charge is 0.489 e. The Morgan fingerprint density at radius 3 is 2.70 bits per heavy atom. The molecule has 0 bridgehead atoms. The third-order valence-corrected chi connectivity index (χ3v) is 5.04. The molecule has 2 aromatic carbocycles. The number of carbonyl (C=O) groups is 1. The molecule has 1 N–H and O–H groups in total. The third kappa shape index (κ3) is 3.85. The lowest BCUT2D eigenvalue weighted by atomic mass is 10.1. The van der Waals surface area contributed by atoms with Crippen LogP contribution in [0.15, 0.2) is 65.2 Å². The van der Waals surface area contributed by atoms with E-state index in [0.29, 0.717) is 12.1 Å². The summed E-state index contributed by atoms with van der Waals surface area (Å²) < 4.78 is 11.7. The Morgan fingerprint density at radius 1 is 1.15 bits per heavy atom. The van der Waals surface area contributed by atoms with Crippen LogP contribution in [0.3, 0.4) is 0 Å². The van der Waals surface area contributed by atoms with Crippen LogP contribution in [0.2, 0.25) is 0 Å². The fraction of sp³-hybridized carbons (Fsp3) is 0.143. The molecule has 27 heavy (non-hydrogen) atoms. The minimum absolute atomic E-state index is 0.253. The van der Waals surface area contributed by atoms with Gasteiger partial charge in [0.15, 0.2) is 5.76 Å². The van der Waals surface area contributed by atoms with Gasteiger partial charge in [0, 0.05) is 22.0 Å². The number of amides is 1. The highest BCUT2D eigenvalue weighted by Crippen LogP contribution is 2.27.